The zero-order valence-corrected chi connectivity index (χ0v) is 15.8. The second kappa shape index (κ2) is 7.76. The fraction of sp³-hybridized carbons (Fsp3) is 0.136. The Morgan fingerprint density at radius 3 is 2.59 bits per heavy atom. The largest absolute Gasteiger partial charge is 0.284 e. The number of hydrogen-bond acceptors (Lipinski definition) is 4. The van der Waals surface area contributed by atoms with Gasteiger partial charge in [-0.1, -0.05) is 84.6 Å². The minimum atomic E-state index is -0.148. The summed E-state index contributed by atoms with van der Waals surface area (Å²) in [5, 5.41) is 11.4. The minimum Gasteiger partial charge on any atom is -0.284 e. The fourth-order valence-corrected chi connectivity index (χ4v) is 4.01. The van der Waals surface area contributed by atoms with Crippen LogP contribution in [0.15, 0.2) is 83.0 Å². The van der Waals surface area contributed by atoms with Crippen LogP contribution in [-0.2, 0) is 11.3 Å². The molecule has 0 aromatic heterocycles. The Hall–Kier alpha value is -2.92. The molecule has 4 nitrogen and oxygen atoms in total. The number of amidine groups is 1. The van der Waals surface area contributed by atoms with Crippen LogP contribution in [0.2, 0.25) is 0 Å². The molecule has 1 atom stereocenters. The fourth-order valence-electron chi connectivity index (χ4n) is 3.09. The molecule has 1 aliphatic rings. The first-order valence-corrected chi connectivity index (χ1v) is 9.71. The van der Waals surface area contributed by atoms with E-state index in [9.17, 15) is 4.79 Å². The SMILES string of the molecule is C[C@H]1S/C(=N/N=C\c2ccccc2)N(Cc2cccc3ccccc23)C1=O. The van der Waals surface area contributed by atoms with E-state index >= 15 is 0 Å². The molecule has 0 N–H and O–H groups in total. The van der Waals surface area contributed by atoms with Gasteiger partial charge in [0.25, 0.3) is 0 Å². The molecule has 0 saturated carbocycles. The number of thioether (sulfide) groups is 1. The van der Waals surface area contributed by atoms with Crippen LogP contribution in [0, 0.1) is 0 Å². The molecule has 1 saturated heterocycles. The van der Waals surface area contributed by atoms with Gasteiger partial charge in [-0.25, -0.2) is 0 Å². The van der Waals surface area contributed by atoms with Gasteiger partial charge >= 0.3 is 0 Å². The topological polar surface area (TPSA) is 45.0 Å². The predicted octanol–water partition coefficient (Wildman–Crippen LogP) is 4.69. The molecule has 0 bridgehead atoms. The van der Waals surface area contributed by atoms with Crippen molar-refractivity contribution in [1.82, 2.24) is 4.90 Å². The van der Waals surface area contributed by atoms with Crippen molar-refractivity contribution in [2.45, 2.75) is 18.7 Å². The highest BCUT2D eigenvalue weighted by Crippen LogP contribution is 2.30. The first kappa shape index (κ1) is 17.5. The number of amides is 1. The minimum absolute atomic E-state index is 0.0709. The van der Waals surface area contributed by atoms with E-state index in [4.69, 9.17) is 0 Å². The normalized spacial score (nSPS) is 18.9. The lowest BCUT2D eigenvalue weighted by atomic mass is 10.0. The number of carbonyl (C=O) groups excluding carboxylic acids is 1. The summed E-state index contributed by atoms with van der Waals surface area (Å²) in [6.07, 6.45) is 1.71. The number of carbonyl (C=O) groups is 1. The van der Waals surface area contributed by atoms with E-state index < -0.39 is 0 Å². The van der Waals surface area contributed by atoms with Crippen molar-refractivity contribution in [1.29, 1.82) is 0 Å². The molecular formula is C22H19N3OS. The van der Waals surface area contributed by atoms with Crippen LogP contribution in [0.3, 0.4) is 0 Å². The molecule has 1 fully saturated rings. The van der Waals surface area contributed by atoms with E-state index in [0.717, 1.165) is 16.5 Å². The van der Waals surface area contributed by atoms with Gasteiger partial charge in [-0.2, -0.15) is 5.10 Å². The lowest BCUT2D eigenvalue weighted by molar-refractivity contribution is -0.126. The van der Waals surface area contributed by atoms with E-state index in [1.807, 2.05) is 55.5 Å². The number of rotatable bonds is 4. The average molecular weight is 373 g/mol. The summed E-state index contributed by atoms with van der Waals surface area (Å²) in [6.45, 7) is 2.41. The van der Waals surface area contributed by atoms with Crippen molar-refractivity contribution >= 4 is 39.8 Å². The Labute approximate surface area is 162 Å². The third kappa shape index (κ3) is 3.78. The molecule has 0 unspecified atom stereocenters. The smallest absolute Gasteiger partial charge is 0.242 e. The van der Waals surface area contributed by atoms with Gasteiger partial charge in [-0.05, 0) is 28.8 Å². The maximum Gasteiger partial charge on any atom is 0.242 e. The standard InChI is InChI=1S/C22H19N3OS/c1-16-21(26)25(15-19-12-7-11-18-10-5-6-13-20(18)19)22(27-16)24-23-14-17-8-3-2-4-9-17/h2-14,16H,15H2,1H3/b23-14-,24-22+/t16-/m1/s1. The molecule has 1 aliphatic heterocycles. The Morgan fingerprint density at radius 2 is 1.74 bits per heavy atom. The van der Waals surface area contributed by atoms with Crippen molar-refractivity contribution in [3.63, 3.8) is 0 Å². The number of benzene rings is 3. The van der Waals surface area contributed by atoms with Gasteiger partial charge < -0.3 is 0 Å². The van der Waals surface area contributed by atoms with Crippen LogP contribution in [0.4, 0.5) is 0 Å². The summed E-state index contributed by atoms with van der Waals surface area (Å²) in [5.74, 6) is 0.0709. The van der Waals surface area contributed by atoms with Gasteiger partial charge in [0.2, 0.25) is 5.91 Å². The van der Waals surface area contributed by atoms with Crippen molar-refractivity contribution < 1.29 is 4.79 Å². The molecule has 0 spiro atoms. The van der Waals surface area contributed by atoms with Crippen molar-refractivity contribution in [3.8, 4) is 0 Å². The van der Waals surface area contributed by atoms with Gasteiger partial charge in [0.1, 0.15) is 0 Å². The van der Waals surface area contributed by atoms with Crippen LogP contribution >= 0.6 is 11.8 Å². The third-order valence-electron chi connectivity index (χ3n) is 4.48. The van der Waals surface area contributed by atoms with E-state index in [0.29, 0.717) is 11.7 Å². The average Bonchev–Trinajstić information content (AvgIpc) is 2.97. The lowest BCUT2D eigenvalue weighted by Gasteiger charge is -2.17. The number of fused-ring (bicyclic) bond motifs is 1. The molecule has 134 valence electrons. The van der Waals surface area contributed by atoms with Gasteiger partial charge in [0, 0.05) is 0 Å². The molecule has 4 rings (SSSR count). The zero-order chi connectivity index (χ0) is 18.6. The van der Waals surface area contributed by atoms with E-state index in [-0.39, 0.29) is 11.2 Å². The second-order valence-corrected chi connectivity index (χ2v) is 7.67. The monoisotopic (exact) mass is 373 g/mol. The van der Waals surface area contributed by atoms with Crippen molar-refractivity contribution in [3.05, 3.63) is 83.9 Å². The molecule has 27 heavy (non-hydrogen) atoms. The lowest BCUT2D eigenvalue weighted by Crippen LogP contribution is -2.30. The van der Waals surface area contributed by atoms with Gasteiger partial charge in [-0.3, -0.25) is 9.69 Å². The zero-order valence-electron chi connectivity index (χ0n) is 14.9. The van der Waals surface area contributed by atoms with Crippen LogP contribution in [0.25, 0.3) is 10.8 Å². The third-order valence-corrected chi connectivity index (χ3v) is 5.55. The summed E-state index contributed by atoms with van der Waals surface area (Å²) >= 11 is 1.45. The Bertz CT molecular complexity index is 1020. The van der Waals surface area contributed by atoms with E-state index in [2.05, 4.69) is 34.5 Å². The Morgan fingerprint density at radius 1 is 1.00 bits per heavy atom. The van der Waals surface area contributed by atoms with Crippen molar-refractivity contribution in [2.75, 3.05) is 0 Å². The molecule has 1 amide bonds. The van der Waals surface area contributed by atoms with Gasteiger partial charge in [0.15, 0.2) is 5.17 Å². The maximum atomic E-state index is 12.7. The highest BCUT2D eigenvalue weighted by Gasteiger charge is 2.35. The van der Waals surface area contributed by atoms with E-state index in [1.54, 1.807) is 11.1 Å². The van der Waals surface area contributed by atoms with Gasteiger partial charge in [0.05, 0.1) is 18.0 Å². The summed E-state index contributed by atoms with van der Waals surface area (Å²) in [4.78, 5) is 14.4. The highest BCUT2D eigenvalue weighted by atomic mass is 32.2. The molecular weight excluding hydrogens is 354 g/mol. The molecule has 0 aliphatic carbocycles. The van der Waals surface area contributed by atoms with Crippen molar-refractivity contribution in [2.24, 2.45) is 10.2 Å². The molecule has 5 heteroatoms. The summed E-state index contributed by atoms with van der Waals surface area (Å²) in [7, 11) is 0. The van der Waals surface area contributed by atoms with Crippen LogP contribution in [-0.4, -0.2) is 27.4 Å². The molecule has 1 heterocycles. The second-order valence-electron chi connectivity index (χ2n) is 6.36. The summed E-state index contributed by atoms with van der Waals surface area (Å²) < 4.78 is 0. The van der Waals surface area contributed by atoms with E-state index in [1.165, 1.54) is 17.1 Å². The number of hydrogen-bond donors (Lipinski definition) is 0. The maximum absolute atomic E-state index is 12.7. The Kier molecular flexibility index (Phi) is 5.03. The molecule has 3 aromatic carbocycles. The predicted molar refractivity (Wildman–Crippen MR) is 113 cm³/mol. The number of nitrogens with zero attached hydrogens (tertiary/aromatic N) is 3. The van der Waals surface area contributed by atoms with Gasteiger partial charge in [-0.15, -0.1) is 5.10 Å². The summed E-state index contributed by atoms with van der Waals surface area (Å²) in [5.41, 5.74) is 2.08. The van der Waals surface area contributed by atoms with Crippen LogP contribution in [0.5, 0.6) is 0 Å². The quantitative estimate of drug-likeness (QED) is 0.492. The highest BCUT2D eigenvalue weighted by molar-refractivity contribution is 8.15. The first-order chi connectivity index (χ1) is 13.2. The first-order valence-electron chi connectivity index (χ1n) is 8.83. The Balaban J connectivity index is 1.61. The molecule has 0 radical (unpaired) electrons. The molecule has 3 aromatic rings. The summed E-state index contributed by atoms with van der Waals surface area (Å²) in [6, 6.07) is 24.2. The van der Waals surface area contributed by atoms with Crippen LogP contribution < -0.4 is 0 Å². The van der Waals surface area contributed by atoms with Crippen LogP contribution in [0.1, 0.15) is 18.1 Å².